The zero-order valence-corrected chi connectivity index (χ0v) is 15.7. The molecule has 0 saturated heterocycles. The van der Waals surface area contributed by atoms with Gasteiger partial charge in [0.2, 0.25) is 0 Å². The molecule has 0 atom stereocenters. The molecule has 0 aliphatic carbocycles. The van der Waals surface area contributed by atoms with Crippen LogP contribution in [-0.2, 0) is 38.7 Å². The van der Waals surface area contributed by atoms with Gasteiger partial charge < -0.3 is 19.8 Å². The average Bonchev–Trinajstić information content (AvgIpc) is 2.42. The van der Waals surface area contributed by atoms with Crippen LogP contribution in [0.2, 0.25) is 0 Å². The summed E-state index contributed by atoms with van der Waals surface area (Å²) in [4.78, 5) is 36.8. The van der Waals surface area contributed by atoms with Gasteiger partial charge in [-0.1, -0.05) is 20.4 Å². The minimum absolute atomic E-state index is 0. The van der Waals surface area contributed by atoms with Crippen LogP contribution in [0.5, 0.6) is 0 Å². The van der Waals surface area contributed by atoms with Gasteiger partial charge in [-0.3, -0.25) is 23.2 Å². The molecule has 2 N–H and O–H groups in total. The Hall–Kier alpha value is -1.88. The first-order valence-corrected chi connectivity index (χ1v) is 6.03. The number of aliphatic hydroxyl groups excluding tert-OH is 2. The van der Waals surface area contributed by atoms with Gasteiger partial charge in [0, 0.05) is 18.1 Å². The average molecular weight is 413 g/mol. The van der Waals surface area contributed by atoms with Gasteiger partial charge in [-0.2, -0.15) is 0 Å². The number of hydrogen-bond donors (Lipinski definition) is 2. The summed E-state index contributed by atoms with van der Waals surface area (Å²) in [6.45, 7) is 18.0. The van der Waals surface area contributed by atoms with E-state index in [1.165, 1.54) is 19.9 Å². The summed E-state index contributed by atoms with van der Waals surface area (Å²) < 4.78 is 0. The molecule has 0 aliphatic rings. The molecule has 0 amide bonds. The van der Waals surface area contributed by atoms with E-state index in [1.807, 2.05) is 0 Å². The number of carbonyl (C=O) groups excluding carboxylic acids is 4. The minimum Gasteiger partial charge on any atom is -0.545 e. The fraction of sp³-hybridized carbons (Fsp3) is 0.375. The third kappa shape index (κ3) is 33.1. The van der Waals surface area contributed by atoms with E-state index < -0.39 is 0 Å². The molecule has 0 rings (SSSR count). The Bertz CT molecular complexity index is 401. The van der Waals surface area contributed by atoms with Crippen molar-refractivity contribution in [2.45, 2.75) is 34.6 Å². The first-order valence-electron chi connectivity index (χ1n) is 6.03. The molecule has 0 aromatic heterocycles. The Morgan fingerprint density at radius 1 is 0.913 bits per heavy atom. The smallest absolute Gasteiger partial charge is 0.545 e. The van der Waals surface area contributed by atoms with Crippen LogP contribution in [0.25, 0.3) is 0 Å². The summed E-state index contributed by atoms with van der Waals surface area (Å²) >= 11 is 0. The Morgan fingerprint density at radius 2 is 1.22 bits per heavy atom. The molecule has 23 heavy (non-hydrogen) atoms. The minimum atomic E-state index is -0.227. The molecule has 6 nitrogen and oxygen atoms in total. The van der Waals surface area contributed by atoms with E-state index in [2.05, 4.69) is 20.2 Å². The van der Waals surface area contributed by atoms with Gasteiger partial charge in [0.25, 0.3) is 0 Å². The van der Waals surface area contributed by atoms with Crippen LogP contribution in [0, 0.1) is 5.92 Å². The van der Waals surface area contributed by atoms with E-state index in [4.69, 9.17) is 19.8 Å². The van der Waals surface area contributed by atoms with Gasteiger partial charge in [0.05, 0.1) is 11.5 Å². The Kier molecular flexibility index (Phi) is 32.1. The second kappa shape index (κ2) is 22.4. The van der Waals surface area contributed by atoms with E-state index >= 15 is 0 Å². The van der Waals surface area contributed by atoms with Crippen molar-refractivity contribution < 1.29 is 48.9 Å². The zero-order chi connectivity index (χ0) is 18.9. The van der Waals surface area contributed by atoms with Crippen molar-refractivity contribution in [1.82, 2.24) is 0 Å². The molecular formula is C16H24O6Ru. The van der Waals surface area contributed by atoms with Crippen molar-refractivity contribution in [2.24, 2.45) is 5.92 Å². The van der Waals surface area contributed by atoms with E-state index in [0.717, 1.165) is 6.08 Å². The Morgan fingerprint density at radius 3 is 1.30 bits per heavy atom. The molecule has 0 bridgehead atoms. The van der Waals surface area contributed by atoms with Crippen molar-refractivity contribution in [3.05, 3.63) is 35.8 Å². The molecule has 0 fully saturated rings. The summed E-state index contributed by atoms with van der Waals surface area (Å²) in [5, 5.41) is 17.2. The second-order valence-electron chi connectivity index (χ2n) is 4.27. The van der Waals surface area contributed by atoms with Crippen LogP contribution in [0.4, 0.5) is 0 Å². The molecule has 0 heterocycles. The summed E-state index contributed by atoms with van der Waals surface area (Å²) in [6, 6.07) is 0. The number of ketones is 2. The van der Waals surface area contributed by atoms with Crippen molar-refractivity contribution in [2.75, 3.05) is 0 Å². The Balaban J connectivity index is -0.0000000743. The molecule has 0 aliphatic heterocycles. The first kappa shape index (κ1) is 32.9. The van der Waals surface area contributed by atoms with Gasteiger partial charge in [-0.25, -0.2) is 0 Å². The van der Waals surface area contributed by atoms with E-state index in [9.17, 15) is 9.59 Å². The molecule has 0 aromatic carbocycles. The van der Waals surface area contributed by atoms with Gasteiger partial charge in [-0.15, -0.1) is 0 Å². The predicted octanol–water partition coefficient (Wildman–Crippen LogP) is 2.72. The van der Waals surface area contributed by atoms with E-state index in [-0.39, 0.29) is 48.5 Å². The maximum atomic E-state index is 10.7. The monoisotopic (exact) mass is 414 g/mol. The third-order valence-electron chi connectivity index (χ3n) is 1.68. The number of aliphatic hydroxyl groups is 2. The molecule has 132 valence electrons. The number of hydrogen-bond acceptors (Lipinski definition) is 6. The SMILES string of the molecule is C=C(C)C(=O)C=C(C)O.CC(O)=CC(=O)C(C)C.[CH-]=O.[CH-]=O.[Ru+2]. The standard InChI is InChI=1S/C7H12O2.C7H10O2.2CHO.Ru/c2*1-5(2)7(9)4-6(3)8;2*1-2;/h4-5,8H,1-3H3;4,8H,1H2,2-3H3;2*1H;/q;;2*-1;+2. The van der Waals surface area contributed by atoms with Crippen molar-refractivity contribution in [3.63, 3.8) is 0 Å². The number of rotatable bonds is 4. The van der Waals surface area contributed by atoms with Gasteiger partial charge >= 0.3 is 19.5 Å². The maximum absolute atomic E-state index is 10.7. The van der Waals surface area contributed by atoms with E-state index in [1.54, 1.807) is 20.8 Å². The van der Waals surface area contributed by atoms with Crippen molar-refractivity contribution in [1.29, 1.82) is 0 Å². The molecule has 0 saturated carbocycles. The quantitative estimate of drug-likeness (QED) is 0.241. The summed E-state index contributed by atoms with van der Waals surface area (Å²) in [5.41, 5.74) is 0.434. The second-order valence-corrected chi connectivity index (χ2v) is 4.27. The van der Waals surface area contributed by atoms with Gasteiger partial charge in [0.15, 0.2) is 11.6 Å². The van der Waals surface area contributed by atoms with Crippen LogP contribution < -0.4 is 0 Å². The first-order chi connectivity index (χ1) is 10.1. The topological polar surface area (TPSA) is 109 Å². The normalized spacial score (nSPS) is 9.48. The van der Waals surface area contributed by atoms with E-state index in [0.29, 0.717) is 5.57 Å². The molecule has 0 radical (unpaired) electrons. The van der Waals surface area contributed by atoms with Crippen LogP contribution in [0.15, 0.2) is 35.8 Å². The fourth-order valence-corrected chi connectivity index (χ4v) is 0.685. The van der Waals surface area contributed by atoms with Crippen LogP contribution >= 0.6 is 0 Å². The fourth-order valence-electron chi connectivity index (χ4n) is 0.685. The molecule has 0 aromatic rings. The zero-order valence-electron chi connectivity index (χ0n) is 14.0. The molecular weight excluding hydrogens is 389 g/mol. The third-order valence-corrected chi connectivity index (χ3v) is 1.68. The summed E-state index contributed by atoms with van der Waals surface area (Å²) in [7, 11) is 0. The molecule has 0 spiro atoms. The summed E-state index contributed by atoms with van der Waals surface area (Å²) in [5.74, 6) is -0.186. The predicted molar refractivity (Wildman–Crippen MR) is 85.9 cm³/mol. The number of carbonyl (C=O) groups is 2. The summed E-state index contributed by atoms with van der Waals surface area (Å²) in [6.07, 6.45) is 2.38. The van der Waals surface area contributed by atoms with Crippen molar-refractivity contribution in [3.8, 4) is 0 Å². The van der Waals surface area contributed by atoms with Gasteiger partial charge in [0.1, 0.15) is 0 Å². The largest absolute Gasteiger partial charge is 2.00 e. The van der Waals surface area contributed by atoms with Crippen LogP contribution in [0.3, 0.4) is 0 Å². The number of allylic oxidation sites excluding steroid dienone is 5. The van der Waals surface area contributed by atoms with Crippen LogP contribution in [0.1, 0.15) is 34.6 Å². The Labute approximate surface area is 150 Å². The van der Waals surface area contributed by atoms with Crippen LogP contribution in [-0.4, -0.2) is 35.4 Å². The maximum Gasteiger partial charge on any atom is 2.00 e. The van der Waals surface area contributed by atoms with Gasteiger partial charge in [-0.05, 0) is 26.3 Å². The molecule has 0 unspecified atom stereocenters. The molecule has 7 heteroatoms. The van der Waals surface area contributed by atoms with Crippen molar-refractivity contribution >= 4 is 25.1 Å².